The lowest BCUT2D eigenvalue weighted by Gasteiger charge is -2.09. The average molecular weight is 238 g/mol. The van der Waals surface area contributed by atoms with E-state index < -0.39 is 0 Å². The van der Waals surface area contributed by atoms with Gasteiger partial charge in [0, 0.05) is 6.20 Å². The molecule has 1 atom stereocenters. The van der Waals surface area contributed by atoms with E-state index in [1.165, 1.54) is 18.4 Å². The van der Waals surface area contributed by atoms with E-state index in [4.69, 9.17) is 16.3 Å². The maximum Gasteiger partial charge on any atom is 0.144 e. The first kappa shape index (κ1) is 11.5. The van der Waals surface area contributed by atoms with Crippen LogP contribution in [0.25, 0.3) is 5.57 Å². The Morgan fingerprint density at radius 3 is 3.12 bits per heavy atom. The Hall–Kier alpha value is -1.02. The molecule has 0 saturated heterocycles. The highest BCUT2D eigenvalue weighted by Crippen LogP contribution is 2.31. The lowest BCUT2D eigenvalue weighted by atomic mass is 10.1. The van der Waals surface area contributed by atoms with Gasteiger partial charge in [0.1, 0.15) is 11.4 Å². The van der Waals surface area contributed by atoms with Crippen LogP contribution >= 0.6 is 11.6 Å². The number of aromatic nitrogens is 1. The monoisotopic (exact) mass is 237 g/mol. The Kier molecular flexibility index (Phi) is 3.83. The van der Waals surface area contributed by atoms with E-state index >= 15 is 0 Å². The molecule has 0 radical (unpaired) electrons. The van der Waals surface area contributed by atoms with Gasteiger partial charge < -0.3 is 4.74 Å². The van der Waals surface area contributed by atoms with E-state index in [0.29, 0.717) is 0 Å². The molecule has 1 unspecified atom stereocenters. The molecule has 1 aromatic rings. The Labute approximate surface area is 101 Å². The molecule has 0 fully saturated rings. The fourth-order valence-corrected chi connectivity index (χ4v) is 2.34. The molecular formula is C13H16ClNO. The topological polar surface area (TPSA) is 22.1 Å². The van der Waals surface area contributed by atoms with Crippen LogP contribution in [0.15, 0.2) is 24.4 Å². The Morgan fingerprint density at radius 1 is 1.44 bits per heavy atom. The highest BCUT2D eigenvalue weighted by atomic mass is 35.5. The first-order valence-electron chi connectivity index (χ1n) is 5.65. The largest absolute Gasteiger partial charge is 0.494 e. The molecule has 1 aromatic heterocycles. The molecule has 0 bridgehead atoms. The van der Waals surface area contributed by atoms with Gasteiger partial charge in [0.25, 0.3) is 0 Å². The molecule has 0 aliphatic heterocycles. The van der Waals surface area contributed by atoms with Gasteiger partial charge in [-0.3, -0.25) is 4.98 Å². The summed E-state index contributed by atoms with van der Waals surface area (Å²) in [5, 5.41) is 0.129. The Balaban J connectivity index is 2.34. The van der Waals surface area contributed by atoms with E-state index in [2.05, 4.69) is 11.1 Å². The molecule has 0 spiro atoms. The van der Waals surface area contributed by atoms with Crippen LogP contribution in [0, 0.1) is 0 Å². The number of methoxy groups -OCH3 is 1. The molecule has 0 N–H and O–H groups in total. The van der Waals surface area contributed by atoms with Crippen LogP contribution in [0.5, 0.6) is 5.75 Å². The zero-order valence-corrected chi connectivity index (χ0v) is 10.2. The van der Waals surface area contributed by atoms with Crippen molar-refractivity contribution < 1.29 is 4.74 Å². The second kappa shape index (κ2) is 5.35. The molecule has 0 saturated carbocycles. The van der Waals surface area contributed by atoms with Gasteiger partial charge in [-0.05, 0) is 37.0 Å². The first-order chi connectivity index (χ1) is 7.81. The zero-order chi connectivity index (χ0) is 11.4. The number of hydrogen-bond acceptors (Lipinski definition) is 2. The smallest absolute Gasteiger partial charge is 0.144 e. The fourth-order valence-electron chi connectivity index (χ4n) is 2.03. The third-order valence-corrected chi connectivity index (χ3v) is 3.20. The van der Waals surface area contributed by atoms with Crippen molar-refractivity contribution in [1.29, 1.82) is 0 Å². The summed E-state index contributed by atoms with van der Waals surface area (Å²) in [6.45, 7) is 0. The molecule has 2 rings (SSSR count). The van der Waals surface area contributed by atoms with Crippen molar-refractivity contribution in [3.8, 4) is 5.75 Å². The quantitative estimate of drug-likeness (QED) is 0.733. The van der Waals surface area contributed by atoms with Crippen molar-refractivity contribution in [2.75, 3.05) is 7.11 Å². The summed E-state index contributed by atoms with van der Waals surface area (Å²) in [6, 6.07) is 3.83. The van der Waals surface area contributed by atoms with Gasteiger partial charge in [-0.2, -0.15) is 0 Å². The number of rotatable bonds is 2. The van der Waals surface area contributed by atoms with Crippen LogP contribution in [0.3, 0.4) is 0 Å². The van der Waals surface area contributed by atoms with Crippen molar-refractivity contribution in [3.63, 3.8) is 0 Å². The second-order valence-corrected chi connectivity index (χ2v) is 4.57. The molecule has 0 aromatic carbocycles. The number of nitrogens with zero attached hydrogens (tertiary/aromatic N) is 1. The van der Waals surface area contributed by atoms with Gasteiger partial charge in [-0.1, -0.05) is 12.5 Å². The molecule has 2 nitrogen and oxygen atoms in total. The van der Waals surface area contributed by atoms with E-state index in [0.717, 1.165) is 24.3 Å². The van der Waals surface area contributed by atoms with Crippen LogP contribution in [0.4, 0.5) is 0 Å². The van der Waals surface area contributed by atoms with Crippen LogP contribution in [-0.2, 0) is 0 Å². The van der Waals surface area contributed by atoms with Gasteiger partial charge >= 0.3 is 0 Å². The van der Waals surface area contributed by atoms with Crippen molar-refractivity contribution in [3.05, 3.63) is 30.1 Å². The minimum atomic E-state index is 0.129. The molecule has 3 heteroatoms. The molecular weight excluding hydrogens is 222 g/mol. The van der Waals surface area contributed by atoms with Crippen molar-refractivity contribution in [2.24, 2.45) is 0 Å². The normalized spacial score (nSPS) is 21.1. The summed E-state index contributed by atoms with van der Waals surface area (Å²) in [4.78, 5) is 4.40. The summed E-state index contributed by atoms with van der Waals surface area (Å²) < 4.78 is 5.33. The van der Waals surface area contributed by atoms with Gasteiger partial charge in [0.05, 0.1) is 12.5 Å². The molecule has 1 aliphatic carbocycles. The summed E-state index contributed by atoms with van der Waals surface area (Å²) in [5.41, 5.74) is 2.16. The maximum atomic E-state index is 6.22. The van der Waals surface area contributed by atoms with E-state index in [1.807, 2.05) is 12.1 Å². The number of pyridine rings is 1. The van der Waals surface area contributed by atoms with Gasteiger partial charge in [-0.25, -0.2) is 0 Å². The summed E-state index contributed by atoms with van der Waals surface area (Å²) in [6.07, 6.45) is 8.38. The number of hydrogen-bond donors (Lipinski definition) is 0. The highest BCUT2D eigenvalue weighted by molar-refractivity contribution is 6.22. The highest BCUT2D eigenvalue weighted by Gasteiger charge is 2.14. The fraction of sp³-hybridized carbons (Fsp3) is 0.462. The van der Waals surface area contributed by atoms with Crippen LogP contribution < -0.4 is 4.74 Å². The van der Waals surface area contributed by atoms with E-state index in [9.17, 15) is 0 Å². The first-order valence-corrected chi connectivity index (χ1v) is 6.09. The molecule has 0 amide bonds. The van der Waals surface area contributed by atoms with Crippen LogP contribution in [-0.4, -0.2) is 17.5 Å². The Bertz CT molecular complexity index is 389. The minimum absolute atomic E-state index is 0.129. The van der Waals surface area contributed by atoms with Crippen molar-refractivity contribution in [1.82, 2.24) is 4.98 Å². The van der Waals surface area contributed by atoms with E-state index in [1.54, 1.807) is 13.3 Å². The minimum Gasteiger partial charge on any atom is -0.494 e. The number of halogens is 1. The van der Waals surface area contributed by atoms with Gasteiger partial charge in [-0.15, -0.1) is 11.6 Å². The lowest BCUT2D eigenvalue weighted by Crippen LogP contribution is -1.96. The second-order valence-electron chi connectivity index (χ2n) is 4.01. The predicted octanol–water partition coefficient (Wildman–Crippen LogP) is 3.66. The van der Waals surface area contributed by atoms with Crippen LogP contribution in [0.2, 0.25) is 0 Å². The lowest BCUT2D eigenvalue weighted by molar-refractivity contribution is 0.411. The Morgan fingerprint density at radius 2 is 2.31 bits per heavy atom. The standard InChI is InChI=1S/C13H16ClNO/c1-16-12-7-4-8-15-13(12)10-5-2-3-6-11(14)9-10/h4,7-9,11H,2-3,5-6H2,1H3. The number of ether oxygens (including phenoxy) is 1. The number of alkyl halides is 1. The van der Waals surface area contributed by atoms with Crippen LogP contribution in [0.1, 0.15) is 31.4 Å². The van der Waals surface area contributed by atoms with Gasteiger partial charge in [0.2, 0.25) is 0 Å². The van der Waals surface area contributed by atoms with Crippen molar-refractivity contribution >= 4 is 17.2 Å². The molecule has 1 heterocycles. The molecule has 16 heavy (non-hydrogen) atoms. The van der Waals surface area contributed by atoms with E-state index in [-0.39, 0.29) is 5.38 Å². The zero-order valence-electron chi connectivity index (χ0n) is 9.45. The third-order valence-electron chi connectivity index (χ3n) is 2.85. The maximum absolute atomic E-state index is 6.22. The average Bonchev–Trinajstić information content (AvgIpc) is 2.54. The summed E-state index contributed by atoms with van der Waals surface area (Å²) in [5.74, 6) is 0.833. The molecule has 1 aliphatic rings. The summed E-state index contributed by atoms with van der Waals surface area (Å²) in [7, 11) is 1.68. The molecule has 86 valence electrons. The predicted molar refractivity (Wildman–Crippen MR) is 66.9 cm³/mol. The SMILES string of the molecule is COc1cccnc1C1=CC(Cl)CCCC1. The third kappa shape index (κ3) is 2.56. The number of allylic oxidation sites excluding steroid dienone is 2. The van der Waals surface area contributed by atoms with Gasteiger partial charge in [0.15, 0.2) is 0 Å². The van der Waals surface area contributed by atoms with Crippen molar-refractivity contribution in [2.45, 2.75) is 31.1 Å². The summed E-state index contributed by atoms with van der Waals surface area (Å²) >= 11 is 6.22.